The fraction of sp³-hybridized carbons (Fsp3) is 0.185. The van der Waals surface area contributed by atoms with Gasteiger partial charge >= 0.3 is 0 Å². The first kappa shape index (κ1) is 23.7. The molecule has 9 nitrogen and oxygen atoms in total. The van der Waals surface area contributed by atoms with Crippen molar-refractivity contribution < 1.29 is 13.5 Å². The minimum absolute atomic E-state index is 0.316. The molecule has 2 aliphatic heterocycles. The van der Waals surface area contributed by atoms with Crippen LogP contribution >= 0.6 is 0 Å². The number of hydrogen-bond donors (Lipinski definition) is 2. The standard InChI is InChI=1S/C27H24F2N8O/c28-19-5-7-30-25(16-19)26-32-17-37(35-26)22-3-1-21(2-4-22)33-27-31-8-6-24(34-27)18-13-20(29)15-23(14-18)36-9-11-38-12-10-36/h1-8,13-16H,9-12,17H2,(H,32,35)(H,31,33,34). The molecule has 0 saturated carbocycles. The fourth-order valence-electron chi connectivity index (χ4n) is 4.32. The molecule has 0 amide bonds. The maximum atomic E-state index is 14.5. The Labute approximate surface area is 217 Å². The van der Waals surface area contributed by atoms with Crippen LogP contribution in [-0.2, 0) is 4.74 Å². The van der Waals surface area contributed by atoms with Crippen molar-refractivity contribution in [1.82, 2.24) is 20.4 Å². The normalized spacial score (nSPS) is 15.3. The Morgan fingerprint density at radius 1 is 0.816 bits per heavy atom. The van der Waals surface area contributed by atoms with E-state index in [2.05, 4.69) is 35.6 Å². The van der Waals surface area contributed by atoms with Crippen molar-refractivity contribution in [3.63, 3.8) is 0 Å². The number of nitrogens with one attached hydrogen (secondary N) is 2. The van der Waals surface area contributed by atoms with E-state index in [0.717, 1.165) is 30.2 Å². The average molecular weight is 515 g/mol. The molecule has 4 heterocycles. The topological polar surface area (TPSA) is 90.8 Å². The van der Waals surface area contributed by atoms with Crippen LogP contribution in [0.25, 0.3) is 11.3 Å². The van der Waals surface area contributed by atoms with E-state index in [9.17, 15) is 8.78 Å². The summed E-state index contributed by atoms with van der Waals surface area (Å²) < 4.78 is 33.4. The molecule has 192 valence electrons. The summed E-state index contributed by atoms with van der Waals surface area (Å²) in [5.41, 5.74) is 7.34. The Morgan fingerprint density at radius 2 is 1.63 bits per heavy atom. The van der Waals surface area contributed by atoms with E-state index in [4.69, 9.17) is 4.74 Å². The molecule has 11 heteroatoms. The Balaban J connectivity index is 1.14. The first-order chi connectivity index (χ1) is 18.6. The lowest BCUT2D eigenvalue weighted by molar-refractivity contribution is 0.122. The van der Waals surface area contributed by atoms with E-state index in [1.165, 1.54) is 30.5 Å². The van der Waals surface area contributed by atoms with Crippen LogP contribution in [0, 0.1) is 11.6 Å². The largest absolute Gasteiger partial charge is 0.378 e. The quantitative estimate of drug-likeness (QED) is 0.397. The number of hydrogen-bond acceptors (Lipinski definition) is 9. The van der Waals surface area contributed by atoms with Crippen LogP contribution in [0.3, 0.4) is 0 Å². The Bertz CT molecular complexity index is 1470. The molecule has 0 atom stereocenters. The Hall–Kier alpha value is -4.64. The van der Waals surface area contributed by atoms with Gasteiger partial charge in [0.1, 0.15) is 24.0 Å². The van der Waals surface area contributed by atoms with Crippen LogP contribution in [0.15, 0.2) is 78.0 Å². The number of ether oxygens (including phenoxy) is 1. The SMILES string of the molecule is Fc1cc(-c2ccnc(Nc3ccc(N4CN=C(c5cc(F)ccn5)N4)cc3)n2)cc(N2CCOCC2)c1. The third-order valence-electron chi connectivity index (χ3n) is 6.22. The molecule has 1 fully saturated rings. The van der Waals surface area contributed by atoms with Crippen molar-refractivity contribution in [3.8, 4) is 11.3 Å². The zero-order chi connectivity index (χ0) is 25.9. The molecule has 4 aromatic rings. The van der Waals surface area contributed by atoms with Gasteiger partial charge in [-0.05, 0) is 54.6 Å². The van der Waals surface area contributed by atoms with E-state index in [1.54, 1.807) is 12.3 Å². The predicted molar refractivity (Wildman–Crippen MR) is 141 cm³/mol. The number of halogens is 2. The number of rotatable bonds is 6. The highest BCUT2D eigenvalue weighted by molar-refractivity contribution is 5.99. The molecule has 38 heavy (non-hydrogen) atoms. The first-order valence-corrected chi connectivity index (χ1v) is 12.2. The number of hydrazine groups is 1. The summed E-state index contributed by atoms with van der Waals surface area (Å²) >= 11 is 0. The van der Waals surface area contributed by atoms with Crippen molar-refractivity contribution in [1.29, 1.82) is 0 Å². The molecule has 2 aromatic heterocycles. The number of pyridine rings is 1. The van der Waals surface area contributed by atoms with E-state index < -0.39 is 0 Å². The minimum atomic E-state index is -0.366. The summed E-state index contributed by atoms with van der Waals surface area (Å²) in [5, 5.41) is 5.04. The number of aromatic nitrogens is 3. The van der Waals surface area contributed by atoms with Gasteiger partial charge in [0.15, 0.2) is 5.84 Å². The van der Waals surface area contributed by atoms with Crippen LogP contribution in [0.1, 0.15) is 5.69 Å². The van der Waals surface area contributed by atoms with E-state index in [-0.39, 0.29) is 11.6 Å². The third-order valence-corrected chi connectivity index (χ3v) is 6.22. The number of amidine groups is 1. The number of benzene rings is 2. The minimum Gasteiger partial charge on any atom is -0.378 e. The summed E-state index contributed by atoms with van der Waals surface area (Å²) in [7, 11) is 0. The lowest BCUT2D eigenvalue weighted by Gasteiger charge is -2.29. The highest BCUT2D eigenvalue weighted by Crippen LogP contribution is 2.27. The van der Waals surface area contributed by atoms with Gasteiger partial charge in [0.05, 0.1) is 24.6 Å². The molecular weight excluding hydrogens is 490 g/mol. The van der Waals surface area contributed by atoms with Gasteiger partial charge in [-0.25, -0.2) is 23.7 Å². The van der Waals surface area contributed by atoms with Crippen molar-refractivity contribution >= 4 is 28.8 Å². The number of aliphatic imine (C=N–C) groups is 1. The average Bonchev–Trinajstić information content (AvgIpc) is 3.44. The van der Waals surface area contributed by atoms with Gasteiger partial charge in [-0.15, -0.1) is 0 Å². The van der Waals surface area contributed by atoms with Crippen molar-refractivity contribution in [2.24, 2.45) is 4.99 Å². The van der Waals surface area contributed by atoms with Gasteiger partial charge in [0.25, 0.3) is 0 Å². The number of anilines is 4. The Kier molecular flexibility index (Phi) is 6.49. The molecule has 2 aliphatic rings. The zero-order valence-electron chi connectivity index (χ0n) is 20.3. The van der Waals surface area contributed by atoms with Crippen molar-refractivity contribution in [2.75, 3.05) is 48.2 Å². The third kappa shape index (κ3) is 5.23. The van der Waals surface area contributed by atoms with Crippen LogP contribution in [0.4, 0.5) is 31.8 Å². The monoisotopic (exact) mass is 514 g/mol. The van der Waals surface area contributed by atoms with Crippen LogP contribution in [0.2, 0.25) is 0 Å². The molecule has 6 rings (SSSR count). The molecule has 0 radical (unpaired) electrons. The van der Waals surface area contributed by atoms with Gasteiger partial charge in [-0.3, -0.25) is 15.4 Å². The maximum Gasteiger partial charge on any atom is 0.227 e. The van der Waals surface area contributed by atoms with Gasteiger partial charge in [0, 0.05) is 48.5 Å². The van der Waals surface area contributed by atoms with E-state index in [1.807, 2.05) is 35.3 Å². The second kappa shape index (κ2) is 10.4. The highest BCUT2D eigenvalue weighted by Gasteiger charge is 2.18. The first-order valence-electron chi connectivity index (χ1n) is 12.2. The molecular formula is C27H24F2N8O. The smallest absolute Gasteiger partial charge is 0.227 e. The second-order valence-electron chi connectivity index (χ2n) is 8.78. The zero-order valence-corrected chi connectivity index (χ0v) is 20.3. The predicted octanol–water partition coefficient (Wildman–Crippen LogP) is 4.13. The van der Waals surface area contributed by atoms with Gasteiger partial charge in [0.2, 0.25) is 5.95 Å². The van der Waals surface area contributed by atoms with Gasteiger partial charge in [-0.1, -0.05) is 0 Å². The maximum absolute atomic E-state index is 14.5. The molecule has 0 spiro atoms. The number of morpholine rings is 1. The second-order valence-corrected chi connectivity index (χ2v) is 8.78. The van der Waals surface area contributed by atoms with Crippen LogP contribution < -0.4 is 20.7 Å². The summed E-state index contributed by atoms with van der Waals surface area (Å²) in [6.07, 6.45) is 3.05. The van der Waals surface area contributed by atoms with Crippen molar-refractivity contribution in [3.05, 3.63) is 90.4 Å². The number of nitrogens with zero attached hydrogens (tertiary/aromatic N) is 6. The van der Waals surface area contributed by atoms with Gasteiger partial charge < -0.3 is 15.0 Å². The van der Waals surface area contributed by atoms with Crippen molar-refractivity contribution in [2.45, 2.75) is 0 Å². The summed E-state index contributed by atoms with van der Waals surface area (Å²) in [6, 6.07) is 17.0. The molecule has 0 bridgehead atoms. The molecule has 1 saturated heterocycles. The van der Waals surface area contributed by atoms with E-state index >= 15 is 0 Å². The molecule has 2 aromatic carbocycles. The summed E-state index contributed by atoms with van der Waals surface area (Å²) in [6.45, 7) is 3.05. The van der Waals surface area contributed by atoms with Crippen LogP contribution in [-0.4, -0.2) is 53.8 Å². The lowest BCUT2D eigenvalue weighted by Crippen LogP contribution is -2.36. The highest BCUT2D eigenvalue weighted by atomic mass is 19.1. The molecule has 2 N–H and O–H groups in total. The molecule has 0 aliphatic carbocycles. The fourth-order valence-corrected chi connectivity index (χ4v) is 4.32. The summed E-state index contributed by atoms with van der Waals surface area (Å²) in [4.78, 5) is 19.6. The van der Waals surface area contributed by atoms with E-state index in [0.29, 0.717) is 48.6 Å². The lowest BCUT2D eigenvalue weighted by atomic mass is 10.1. The van der Waals surface area contributed by atoms with Crippen LogP contribution in [0.5, 0.6) is 0 Å². The van der Waals surface area contributed by atoms with Gasteiger partial charge in [-0.2, -0.15) is 0 Å². The molecule has 0 unspecified atom stereocenters. The Morgan fingerprint density at radius 3 is 2.45 bits per heavy atom. The summed E-state index contributed by atoms with van der Waals surface area (Å²) in [5.74, 6) is 0.221.